The predicted octanol–water partition coefficient (Wildman–Crippen LogP) is 5.62. The monoisotopic (exact) mass is 396 g/mol. The zero-order valence-corrected chi connectivity index (χ0v) is 16.9. The molecule has 0 saturated carbocycles. The minimum atomic E-state index is -0.109. The molecule has 25 heavy (non-hydrogen) atoms. The third kappa shape index (κ3) is 19.7. The minimum Gasteiger partial charge on any atom is -0.466 e. The van der Waals surface area contributed by atoms with Crippen molar-refractivity contribution in [1.29, 1.82) is 0 Å². The first kappa shape index (κ1) is 24.5. The summed E-state index contributed by atoms with van der Waals surface area (Å²) in [4.78, 5) is 22.7. The maximum absolute atomic E-state index is 11.4. The fourth-order valence-electron chi connectivity index (χ4n) is 2.33. The molecular formula is C19H34Cl2O4. The zero-order valence-electron chi connectivity index (χ0n) is 15.4. The lowest BCUT2D eigenvalue weighted by atomic mass is 10.1. The number of rotatable bonds is 18. The maximum atomic E-state index is 11.4. The number of ether oxygens (including phenoxy) is 2. The highest BCUT2D eigenvalue weighted by Crippen LogP contribution is 2.08. The van der Waals surface area contributed by atoms with Crippen molar-refractivity contribution in [2.24, 2.45) is 0 Å². The maximum Gasteiger partial charge on any atom is 0.305 e. The summed E-state index contributed by atoms with van der Waals surface area (Å²) in [5, 5.41) is 0. The highest BCUT2D eigenvalue weighted by Gasteiger charge is 2.03. The minimum absolute atomic E-state index is 0.109. The van der Waals surface area contributed by atoms with Gasteiger partial charge in [-0.3, -0.25) is 9.59 Å². The lowest BCUT2D eigenvalue weighted by molar-refractivity contribution is -0.144. The van der Waals surface area contributed by atoms with Crippen LogP contribution in [-0.4, -0.2) is 36.9 Å². The molecule has 0 aliphatic heterocycles. The van der Waals surface area contributed by atoms with Crippen molar-refractivity contribution in [2.45, 2.75) is 83.5 Å². The van der Waals surface area contributed by atoms with E-state index in [4.69, 9.17) is 32.7 Å². The van der Waals surface area contributed by atoms with E-state index < -0.39 is 0 Å². The van der Waals surface area contributed by atoms with Gasteiger partial charge >= 0.3 is 11.9 Å². The quantitative estimate of drug-likeness (QED) is 0.171. The molecule has 0 amide bonds. The molecule has 0 saturated heterocycles. The lowest BCUT2D eigenvalue weighted by Gasteiger charge is -2.06. The Morgan fingerprint density at radius 1 is 0.520 bits per heavy atom. The van der Waals surface area contributed by atoms with Crippen LogP contribution in [0.3, 0.4) is 0 Å². The molecule has 0 fully saturated rings. The Balaban J connectivity index is 3.18. The molecule has 0 aliphatic rings. The Hall–Kier alpha value is -0.480. The van der Waals surface area contributed by atoms with Crippen LogP contribution in [0.2, 0.25) is 0 Å². The molecule has 0 N–H and O–H groups in total. The molecule has 0 spiro atoms. The molecule has 0 aromatic heterocycles. The number of carbonyl (C=O) groups is 2. The number of alkyl halides is 2. The van der Waals surface area contributed by atoms with Crippen LogP contribution in [0.25, 0.3) is 0 Å². The van der Waals surface area contributed by atoms with Crippen LogP contribution in [-0.2, 0) is 19.1 Å². The average Bonchev–Trinajstić information content (AvgIpc) is 2.60. The number of hydrogen-bond acceptors (Lipinski definition) is 4. The zero-order chi connectivity index (χ0) is 18.6. The Bertz CT molecular complexity index is 295. The van der Waals surface area contributed by atoms with Crippen LogP contribution >= 0.6 is 23.2 Å². The van der Waals surface area contributed by atoms with Gasteiger partial charge in [-0.2, -0.15) is 0 Å². The highest BCUT2D eigenvalue weighted by atomic mass is 35.5. The van der Waals surface area contributed by atoms with Crippen molar-refractivity contribution in [2.75, 3.05) is 25.0 Å². The second kappa shape index (κ2) is 19.8. The molecular weight excluding hydrogens is 363 g/mol. The molecule has 0 aromatic rings. The molecule has 0 aromatic carbocycles. The van der Waals surface area contributed by atoms with Crippen molar-refractivity contribution in [3.05, 3.63) is 0 Å². The van der Waals surface area contributed by atoms with E-state index in [1.54, 1.807) is 0 Å². The Morgan fingerprint density at radius 3 is 1.24 bits per heavy atom. The van der Waals surface area contributed by atoms with Crippen molar-refractivity contribution in [3.63, 3.8) is 0 Å². The van der Waals surface area contributed by atoms with Crippen LogP contribution in [0.15, 0.2) is 0 Å². The van der Waals surface area contributed by atoms with Crippen molar-refractivity contribution in [3.8, 4) is 0 Å². The van der Waals surface area contributed by atoms with E-state index >= 15 is 0 Å². The van der Waals surface area contributed by atoms with Crippen molar-refractivity contribution < 1.29 is 19.1 Å². The topological polar surface area (TPSA) is 52.6 Å². The van der Waals surface area contributed by atoms with Crippen molar-refractivity contribution in [1.82, 2.24) is 0 Å². The van der Waals surface area contributed by atoms with E-state index in [1.807, 2.05) is 0 Å². The van der Waals surface area contributed by atoms with E-state index in [0.717, 1.165) is 64.2 Å². The first-order valence-corrected chi connectivity index (χ1v) is 10.7. The van der Waals surface area contributed by atoms with Gasteiger partial charge in [0.05, 0.1) is 13.2 Å². The molecule has 0 bridgehead atoms. The van der Waals surface area contributed by atoms with Gasteiger partial charge < -0.3 is 9.47 Å². The summed E-state index contributed by atoms with van der Waals surface area (Å²) in [6.45, 7) is 1.05. The smallest absolute Gasteiger partial charge is 0.305 e. The molecule has 0 atom stereocenters. The summed E-state index contributed by atoms with van der Waals surface area (Å²) in [5.41, 5.74) is 0. The van der Waals surface area contributed by atoms with Crippen LogP contribution in [0.4, 0.5) is 0 Å². The molecule has 0 unspecified atom stereocenters. The van der Waals surface area contributed by atoms with Gasteiger partial charge in [-0.05, 0) is 38.5 Å². The van der Waals surface area contributed by atoms with Crippen LogP contribution in [0, 0.1) is 0 Å². The molecule has 0 aliphatic carbocycles. The van der Waals surface area contributed by atoms with Gasteiger partial charge in [-0.25, -0.2) is 0 Å². The van der Waals surface area contributed by atoms with Gasteiger partial charge in [0.25, 0.3) is 0 Å². The van der Waals surface area contributed by atoms with E-state index in [9.17, 15) is 9.59 Å². The van der Waals surface area contributed by atoms with Crippen molar-refractivity contribution >= 4 is 35.1 Å². The molecule has 4 nitrogen and oxygen atoms in total. The Morgan fingerprint density at radius 2 is 0.880 bits per heavy atom. The van der Waals surface area contributed by atoms with Gasteiger partial charge in [-0.15, -0.1) is 23.2 Å². The van der Waals surface area contributed by atoms with Gasteiger partial charge in [0.1, 0.15) is 0 Å². The van der Waals surface area contributed by atoms with Crippen LogP contribution in [0.1, 0.15) is 83.5 Å². The summed E-state index contributed by atoms with van der Waals surface area (Å²) in [6, 6.07) is 0. The number of hydrogen-bond donors (Lipinski definition) is 0. The third-order valence-corrected chi connectivity index (χ3v) is 4.38. The fourth-order valence-corrected chi connectivity index (χ4v) is 2.71. The van der Waals surface area contributed by atoms with E-state index in [2.05, 4.69) is 0 Å². The van der Waals surface area contributed by atoms with Gasteiger partial charge in [0.15, 0.2) is 0 Å². The average molecular weight is 397 g/mol. The Labute approximate surface area is 162 Å². The summed E-state index contributed by atoms with van der Waals surface area (Å²) in [6.07, 6.45) is 11.8. The molecule has 0 rings (SSSR count). The molecule has 0 heterocycles. The second-order valence-corrected chi connectivity index (χ2v) is 6.96. The normalized spacial score (nSPS) is 10.6. The summed E-state index contributed by atoms with van der Waals surface area (Å²) < 4.78 is 10.3. The predicted molar refractivity (Wildman–Crippen MR) is 103 cm³/mol. The van der Waals surface area contributed by atoms with Crippen LogP contribution in [0.5, 0.6) is 0 Å². The molecule has 0 radical (unpaired) electrons. The fraction of sp³-hybridized carbons (Fsp3) is 0.895. The molecule has 6 heteroatoms. The SMILES string of the molecule is O=C(CCCCCl)OCCCCCCCCCOC(=O)CCCCCl. The number of halogens is 2. The van der Waals surface area contributed by atoms with Gasteiger partial charge in [-0.1, -0.05) is 32.1 Å². The highest BCUT2D eigenvalue weighted by molar-refractivity contribution is 6.18. The van der Waals surface area contributed by atoms with E-state index in [0.29, 0.717) is 37.8 Å². The standard InChI is InChI=1S/C19H34Cl2O4/c20-14-8-6-12-18(22)24-16-10-4-2-1-3-5-11-17-25-19(23)13-7-9-15-21/h1-17H2. The first-order chi connectivity index (χ1) is 12.2. The number of carbonyl (C=O) groups excluding carboxylic acids is 2. The number of esters is 2. The summed E-state index contributed by atoms with van der Waals surface area (Å²) in [7, 11) is 0. The Kier molecular flexibility index (Phi) is 19.5. The van der Waals surface area contributed by atoms with Gasteiger partial charge in [0.2, 0.25) is 0 Å². The molecule has 148 valence electrons. The first-order valence-electron chi connectivity index (χ1n) is 9.64. The summed E-state index contributed by atoms with van der Waals surface area (Å²) >= 11 is 11.1. The van der Waals surface area contributed by atoms with Crippen LogP contribution < -0.4 is 0 Å². The third-order valence-electron chi connectivity index (χ3n) is 3.84. The van der Waals surface area contributed by atoms with E-state index in [1.165, 1.54) is 6.42 Å². The summed E-state index contributed by atoms with van der Waals surface area (Å²) in [5.74, 6) is 0.985. The largest absolute Gasteiger partial charge is 0.466 e. The number of unbranched alkanes of at least 4 members (excludes halogenated alkanes) is 8. The lowest BCUT2D eigenvalue weighted by Crippen LogP contribution is -2.06. The second-order valence-electron chi connectivity index (χ2n) is 6.21. The van der Waals surface area contributed by atoms with E-state index in [-0.39, 0.29) is 11.9 Å². The van der Waals surface area contributed by atoms with Gasteiger partial charge in [0, 0.05) is 24.6 Å².